The van der Waals surface area contributed by atoms with Crippen LogP contribution < -0.4 is 4.72 Å². The lowest BCUT2D eigenvalue weighted by molar-refractivity contribution is 0.0535. The zero-order valence-corrected chi connectivity index (χ0v) is 12.8. The summed E-state index contributed by atoms with van der Waals surface area (Å²) in [6.07, 6.45) is 1.16. The Bertz CT molecular complexity index is 590. The Labute approximate surface area is 121 Å². The normalized spacial score (nSPS) is 18.7. The molecule has 2 rings (SSSR count). The highest BCUT2D eigenvalue weighted by atomic mass is 32.2. The molecule has 1 aromatic rings. The summed E-state index contributed by atoms with van der Waals surface area (Å²) in [5.74, 6) is -0.760. The molecule has 0 spiro atoms. The van der Waals surface area contributed by atoms with Gasteiger partial charge in [0.05, 0.1) is 12.6 Å². The number of ether oxygens (including phenoxy) is 2. The minimum absolute atomic E-state index is 0.114. The van der Waals surface area contributed by atoms with Crippen molar-refractivity contribution in [2.75, 3.05) is 20.3 Å². The Morgan fingerprint density at radius 2 is 2.15 bits per heavy atom. The second-order valence-corrected chi connectivity index (χ2v) is 7.49. The van der Waals surface area contributed by atoms with Gasteiger partial charge in [-0.3, -0.25) is 0 Å². The summed E-state index contributed by atoms with van der Waals surface area (Å²) in [6, 6.07) is 0. The maximum atomic E-state index is 12.4. The molecule has 0 bridgehead atoms. The van der Waals surface area contributed by atoms with E-state index in [1.54, 1.807) is 0 Å². The van der Waals surface area contributed by atoms with E-state index in [0.717, 1.165) is 11.3 Å². The fourth-order valence-electron chi connectivity index (χ4n) is 1.95. The van der Waals surface area contributed by atoms with Crippen LogP contribution >= 0.6 is 11.3 Å². The SMILES string of the molecule is COC(=O)c1ncsc1S(=O)(=O)NC1(C)CCOCC1. The van der Waals surface area contributed by atoms with E-state index in [1.165, 1.54) is 12.6 Å². The topological polar surface area (TPSA) is 94.6 Å². The standard InChI is InChI=1S/C11H16N2O5S2/c1-11(3-5-18-6-4-11)13-20(15,16)10-8(9(14)17-2)12-7-19-10/h7,13H,3-6H2,1-2H3. The molecular weight excluding hydrogens is 304 g/mol. The molecular formula is C11H16N2O5S2. The number of sulfonamides is 1. The number of hydrogen-bond donors (Lipinski definition) is 1. The van der Waals surface area contributed by atoms with E-state index < -0.39 is 21.5 Å². The number of nitrogens with one attached hydrogen (secondary N) is 1. The van der Waals surface area contributed by atoms with Gasteiger partial charge in [-0.25, -0.2) is 22.9 Å². The number of rotatable bonds is 4. The van der Waals surface area contributed by atoms with E-state index in [2.05, 4.69) is 14.4 Å². The molecule has 0 aliphatic carbocycles. The van der Waals surface area contributed by atoms with Crippen LogP contribution in [0, 0.1) is 0 Å². The molecule has 112 valence electrons. The highest BCUT2D eigenvalue weighted by molar-refractivity contribution is 7.91. The third-order valence-corrected chi connectivity index (χ3v) is 6.14. The highest BCUT2D eigenvalue weighted by Crippen LogP contribution is 2.26. The van der Waals surface area contributed by atoms with Crippen molar-refractivity contribution >= 4 is 27.3 Å². The lowest BCUT2D eigenvalue weighted by Gasteiger charge is -2.33. The fourth-order valence-corrected chi connectivity index (χ4v) is 4.55. The van der Waals surface area contributed by atoms with Crippen molar-refractivity contribution in [3.8, 4) is 0 Å². The van der Waals surface area contributed by atoms with Crippen LogP contribution in [0.1, 0.15) is 30.3 Å². The first-order valence-electron chi connectivity index (χ1n) is 6.01. The second-order valence-electron chi connectivity index (χ2n) is 4.76. The van der Waals surface area contributed by atoms with E-state index in [-0.39, 0.29) is 9.90 Å². The maximum absolute atomic E-state index is 12.4. The van der Waals surface area contributed by atoms with Crippen LogP contribution in [-0.2, 0) is 19.5 Å². The zero-order valence-electron chi connectivity index (χ0n) is 11.2. The molecule has 0 aromatic carbocycles. The molecule has 7 nitrogen and oxygen atoms in total. The molecule has 1 aliphatic rings. The summed E-state index contributed by atoms with van der Waals surface area (Å²) in [4.78, 5) is 15.3. The van der Waals surface area contributed by atoms with Gasteiger partial charge in [0.25, 0.3) is 10.0 Å². The highest BCUT2D eigenvalue weighted by Gasteiger charge is 2.35. The first-order chi connectivity index (χ1) is 9.38. The Morgan fingerprint density at radius 1 is 1.50 bits per heavy atom. The third kappa shape index (κ3) is 3.17. The van der Waals surface area contributed by atoms with Gasteiger partial charge in [-0.05, 0) is 19.8 Å². The smallest absolute Gasteiger partial charge is 0.358 e. The number of thiazole rings is 1. The summed E-state index contributed by atoms with van der Waals surface area (Å²) < 4.78 is 37.1. The molecule has 1 N–H and O–H groups in total. The van der Waals surface area contributed by atoms with Crippen LogP contribution in [0.3, 0.4) is 0 Å². The van der Waals surface area contributed by atoms with Gasteiger partial charge in [-0.1, -0.05) is 0 Å². The predicted octanol–water partition coefficient (Wildman–Crippen LogP) is 0.777. The van der Waals surface area contributed by atoms with Gasteiger partial charge < -0.3 is 9.47 Å². The number of methoxy groups -OCH3 is 1. The van der Waals surface area contributed by atoms with Crippen molar-refractivity contribution in [1.29, 1.82) is 0 Å². The Balaban J connectivity index is 2.27. The quantitative estimate of drug-likeness (QED) is 0.824. The van der Waals surface area contributed by atoms with Crippen molar-refractivity contribution < 1.29 is 22.7 Å². The average Bonchev–Trinajstić information content (AvgIpc) is 2.87. The third-order valence-electron chi connectivity index (χ3n) is 3.13. The molecule has 1 aliphatic heterocycles. The maximum Gasteiger partial charge on any atom is 0.358 e. The van der Waals surface area contributed by atoms with Gasteiger partial charge in [0.2, 0.25) is 0 Å². The Kier molecular flexibility index (Phi) is 4.43. The van der Waals surface area contributed by atoms with Crippen molar-refractivity contribution in [2.24, 2.45) is 0 Å². The fraction of sp³-hybridized carbons (Fsp3) is 0.636. The summed E-state index contributed by atoms with van der Waals surface area (Å²) in [5, 5.41) is 0. The summed E-state index contributed by atoms with van der Waals surface area (Å²) in [7, 11) is -2.63. The molecule has 0 saturated carbocycles. The monoisotopic (exact) mass is 320 g/mol. The van der Waals surface area contributed by atoms with Gasteiger partial charge in [0, 0.05) is 18.8 Å². The second kappa shape index (κ2) is 5.76. The van der Waals surface area contributed by atoms with Crippen LogP contribution in [0.25, 0.3) is 0 Å². The van der Waals surface area contributed by atoms with Gasteiger partial charge in [0.1, 0.15) is 0 Å². The molecule has 0 amide bonds. The van der Waals surface area contributed by atoms with E-state index >= 15 is 0 Å². The van der Waals surface area contributed by atoms with Crippen molar-refractivity contribution in [3.05, 3.63) is 11.2 Å². The lowest BCUT2D eigenvalue weighted by atomic mass is 9.94. The molecule has 0 radical (unpaired) electrons. The molecule has 1 fully saturated rings. The number of esters is 1. The Morgan fingerprint density at radius 3 is 2.75 bits per heavy atom. The van der Waals surface area contributed by atoms with E-state index in [0.29, 0.717) is 26.1 Å². The van der Waals surface area contributed by atoms with Crippen LogP contribution in [0.5, 0.6) is 0 Å². The minimum Gasteiger partial charge on any atom is -0.464 e. The number of aromatic nitrogens is 1. The number of nitrogens with zero attached hydrogens (tertiary/aromatic N) is 1. The average molecular weight is 320 g/mol. The summed E-state index contributed by atoms with van der Waals surface area (Å²) in [6.45, 7) is 2.84. The molecule has 1 aromatic heterocycles. The first-order valence-corrected chi connectivity index (χ1v) is 8.38. The van der Waals surface area contributed by atoms with Crippen LogP contribution in [0.2, 0.25) is 0 Å². The largest absolute Gasteiger partial charge is 0.464 e. The van der Waals surface area contributed by atoms with Crippen LogP contribution in [-0.4, -0.2) is 45.2 Å². The van der Waals surface area contributed by atoms with Gasteiger partial charge >= 0.3 is 5.97 Å². The summed E-state index contributed by atoms with van der Waals surface area (Å²) in [5.41, 5.74) is 0.558. The number of hydrogen-bond acceptors (Lipinski definition) is 7. The molecule has 9 heteroatoms. The van der Waals surface area contributed by atoms with Crippen LogP contribution in [0.4, 0.5) is 0 Å². The van der Waals surface area contributed by atoms with Crippen molar-refractivity contribution in [2.45, 2.75) is 29.5 Å². The number of carbonyl (C=O) groups is 1. The minimum atomic E-state index is -3.81. The Hall–Kier alpha value is -1.03. The van der Waals surface area contributed by atoms with Gasteiger partial charge in [-0.2, -0.15) is 0 Å². The van der Waals surface area contributed by atoms with Gasteiger partial charge in [0.15, 0.2) is 9.90 Å². The summed E-state index contributed by atoms with van der Waals surface area (Å²) >= 11 is 0.894. The van der Waals surface area contributed by atoms with E-state index in [1.807, 2.05) is 6.92 Å². The number of carbonyl (C=O) groups excluding carboxylic acids is 1. The molecule has 1 saturated heterocycles. The van der Waals surface area contributed by atoms with Crippen molar-refractivity contribution in [3.63, 3.8) is 0 Å². The zero-order chi connectivity index (χ0) is 14.8. The van der Waals surface area contributed by atoms with Crippen LogP contribution in [0.15, 0.2) is 9.72 Å². The predicted molar refractivity (Wildman–Crippen MR) is 72.2 cm³/mol. The van der Waals surface area contributed by atoms with Crippen molar-refractivity contribution in [1.82, 2.24) is 9.71 Å². The van der Waals surface area contributed by atoms with E-state index in [4.69, 9.17) is 4.74 Å². The van der Waals surface area contributed by atoms with E-state index in [9.17, 15) is 13.2 Å². The van der Waals surface area contributed by atoms with Gasteiger partial charge in [-0.15, -0.1) is 11.3 Å². The lowest BCUT2D eigenvalue weighted by Crippen LogP contribution is -2.49. The molecule has 0 atom stereocenters. The molecule has 0 unspecified atom stereocenters. The molecule has 2 heterocycles. The molecule has 20 heavy (non-hydrogen) atoms. The first kappa shape index (κ1) is 15.4.